The molecule has 1 aliphatic heterocycles. The molecular weight excluding hydrogens is 476 g/mol. The second kappa shape index (κ2) is 13.2. The summed E-state index contributed by atoms with van der Waals surface area (Å²) in [5.74, 6) is 0.419. The van der Waals surface area contributed by atoms with E-state index < -0.39 is 11.5 Å². The van der Waals surface area contributed by atoms with Gasteiger partial charge in [0, 0.05) is 24.3 Å². The van der Waals surface area contributed by atoms with Gasteiger partial charge in [0.05, 0.1) is 25.2 Å². The van der Waals surface area contributed by atoms with Crippen LogP contribution in [0.15, 0.2) is 42.5 Å². The van der Waals surface area contributed by atoms with Gasteiger partial charge in [-0.1, -0.05) is 43.5 Å². The first-order valence-electron chi connectivity index (χ1n) is 14.5. The number of nitrogens with zero attached hydrogens (tertiary/aromatic N) is 1. The van der Waals surface area contributed by atoms with Crippen molar-refractivity contribution in [1.29, 1.82) is 0 Å². The summed E-state index contributed by atoms with van der Waals surface area (Å²) >= 11 is 0. The Hall–Kier alpha value is -3.02. The van der Waals surface area contributed by atoms with E-state index in [0.29, 0.717) is 30.4 Å². The molecule has 4 rings (SSSR count). The number of esters is 1. The van der Waals surface area contributed by atoms with Gasteiger partial charge < -0.3 is 19.7 Å². The summed E-state index contributed by atoms with van der Waals surface area (Å²) in [5.41, 5.74) is 3.24. The fraction of sp³-hybridized carbons (Fsp3) is 0.562. The highest BCUT2D eigenvalue weighted by molar-refractivity contribution is 5.93. The highest BCUT2D eigenvalue weighted by Crippen LogP contribution is 2.43. The third-order valence-electron chi connectivity index (χ3n) is 8.19. The van der Waals surface area contributed by atoms with E-state index in [1.165, 1.54) is 49.8 Å². The zero-order valence-electron chi connectivity index (χ0n) is 23.4. The number of carbonyl (C=O) groups is 2. The van der Waals surface area contributed by atoms with Crippen LogP contribution in [0.5, 0.6) is 5.75 Å². The number of rotatable bonds is 10. The molecule has 1 heterocycles. The number of carbonyl (C=O) groups excluding carboxylic acids is 2. The number of benzene rings is 2. The highest BCUT2D eigenvalue weighted by atomic mass is 16.5. The van der Waals surface area contributed by atoms with E-state index in [-0.39, 0.29) is 12.3 Å². The zero-order chi connectivity index (χ0) is 27.0. The van der Waals surface area contributed by atoms with Gasteiger partial charge in [0.2, 0.25) is 5.91 Å². The summed E-state index contributed by atoms with van der Waals surface area (Å²) < 4.78 is 10.9. The molecule has 1 atom stereocenters. The molecule has 1 saturated heterocycles. The van der Waals surface area contributed by atoms with Crippen molar-refractivity contribution in [3.05, 3.63) is 59.2 Å². The highest BCUT2D eigenvalue weighted by Gasteiger charge is 2.40. The van der Waals surface area contributed by atoms with Gasteiger partial charge in [0.1, 0.15) is 11.3 Å². The van der Waals surface area contributed by atoms with Crippen LogP contribution in [0.25, 0.3) is 0 Å². The van der Waals surface area contributed by atoms with Gasteiger partial charge in [0.25, 0.3) is 0 Å². The van der Waals surface area contributed by atoms with Crippen molar-refractivity contribution >= 4 is 17.6 Å². The minimum absolute atomic E-state index is 0.0159. The normalized spacial score (nSPS) is 17.9. The molecule has 1 N–H and O–H groups in total. The summed E-state index contributed by atoms with van der Waals surface area (Å²) in [6, 6.07) is 14.0. The van der Waals surface area contributed by atoms with Crippen LogP contribution in [-0.2, 0) is 21.5 Å². The van der Waals surface area contributed by atoms with Crippen molar-refractivity contribution < 1.29 is 19.1 Å². The number of nitrogens with one attached hydrogen (secondary N) is 1. The van der Waals surface area contributed by atoms with Gasteiger partial charge in [-0.05, 0) is 82.6 Å². The fourth-order valence-electron chi connectivity index (χ4n) is 6.24. The van der Waals surface area contributed by atoms with Crippen LogP contribution in [0.1, 0.15) is 93.6 Å². The maximum Gasteiger partial charge on any atom is 0.341 e. The molecular formula is C32H44N2O4. The Bertz CT molecular complexity index is 1090. The first-order valence-corrected chi connectivity index (χ1v) is 14.5. The molecule has 0 bridgehead atoms. The lowest BCUT2D eigenvalue weighted by Crippen LogP contribution is -2.51. The number of piperidine rings is 1. The lowest BCUT2D eigenvalue weighted by atomic mass is 9.71. The number of para-hydroxylation sites is 1. The number of amides is 1. The van der Waals surface area contributed by atoms with Crippen molar-refractivity contribution in [2.75, 3.05) is 31.2 Å². The molecule has 2 aromatic rings. The first kappa shape index (κ1) is 28.0. The van der Waals surface area contributed by atoms with E-state index in [4.69, 9.17) is 9.47 Å². The van der Waals surface area contributed by atoms with Crippen molar-refractivity contribution in [2.45, 2.75) is 84.1 Å². The number of hydrogen-bond acceptors (Lipinski definition) is 5. The minimum Gasteiger partial charge on any atom is -0.493 e. The number of anilines is 1. The SMILES string of the molecule is CCOC(=O)c1ccc(CC(=O)NC(C)(c2ccccc2N2CCCCC2)C2CCCCC2)cc1OCC. The van der Waals surface area contributed by atoms with Gasteiger partial charge >= 0.3 is 5.97 Å². The van der Waals surface area contributed by atoms with E-state index in [0.717, 1.165) is 31.5 Å². The van der Waals surface area contributed by atoms with Crippen LogP contribution in [0.2, 0.25) is 0 Å². The van der Waals surface area contributed by atoms with Crippen molar-refractivity contribution in [3.8, 4) is 5.75 Å². The maximum absolute atomic E-state index is 13.7. The summed E-state index contributed by atoms with van der Waals surface area (Å²) in [5, 5.41) is 3.52. The molecule has 1 amide bonds. The molecule has 1 saturated carbocycles. The average molecular weight is 521 g/mol. The fourth-order valence-corrected chi connectivity index (χ4v) is 6.24. The zero-order valence-corrected chi connectivity index (χ0v) is 23.4. The van der Waals surface area contributed by atoms with Crippen LogP contribution in [0.3, 0.4) is 0 Å². The quantitative estimate of drug-likeness (QED) is 0.367. The predicted octanol–water partition coefficient (Wildman–Crippen LogP) is 6.41. The molecule has 1 unspecified atom stereocenters. The van der Waals surface area contributed by atoms with E-state index in [1.54, 1.807) is 19.1 Å². The molecule has 38 heavy (non-hydrogen) atoms. The summed E-state index contributed by atoms with van der Waals surface area (Å²) in [4.78, 5) is 28.5. The van der Waals surface area contributed by atoms with Crippen LogP contribution < -0.4 is 15.0 Å². The molecule has 2 fully saturated rings. The van der Waals surface area contributed by atoms with Gasteiger partial charge in [-0.2, -0.15) is 0 Å². The first-order chi connectivity index (χ1) is 18.5. The number of hydrogen-bond donors (Lipinski definition) is 1. The minimum atomic E-state index is -0.459. The number of ether oxygens (including phenoxy) is 2. The molecule has 0 radical (unpaired) electrons. The van der Waals surface area contributed by atoms with E-state index in [2.05, 4.69) is 41.4 Å². The van der Waals surface area contributed by atoms with E-state index >= 15 is 0 Å². The average Bonchev–Trinajstić information content (AvgIpc) is 2.94. The second-order valence-corrected chi connectivity index (χ2v) is 10.8. The van der Waals surface area contributed by atoms with Crippen LogP contribution >= 0.6 is 0 Å². The second-order valence-electron chi connectivity index (χ2n) is 10.8. The lowest BCUT2D eigenvalue weighted by molar-refractivity contribution is -0.123. The molecule has 0 spiro atoms. The van der Waals surface area contributed by atoms with E-state index in [1.807, 2.05) is 13.0 Å². The van der Waals surface area contributed by atoms with Crippen molar-refractivity contribution in [2.24, 2.45) is 5.92 Å². The third-order valence-corrected chi connectivity index (χ3v) is 8.19. The summed E-state index contributed by atoms with van der Waals surface area (Å²) in [6.45, 7) is 8.76. The molecule has 6 nitrogen and oxygen atoms in total. The van der Waals surface area contributed by atoms with E-state index in [9.17, 15) is 9.59 Å². The Labute approximate surface area is 228 Å². The van der Waals surface area contributed by atoms with Gasteiger partial charge in [-0.15, -0.1) is 0 Å². The molecule has 2 aliphatic rings. The Morgan fingerprint density at radius 1 is 0.947 bits per heavy atom. The summed E-state index contributed by atoms with van der Waals surface area (Å²) in [7, 11) is 0. The Morgan fingerprint density at radius 2 is 1.66 bits per heavy atom. The van der Waals surface area contributed by atoms with Gasteiger partial charge in [-0.3, -0.25) is 4.79 Å². The van der Waals surface area contributed by atoms with Crippen LogP contribution in [-0.4, -0.2) is 38.2 Å². The van der Waals surface area contributed by atoms with Gasteiger partial charge in [-0.25, -0.2) is 4.79 Å². The van der Waals surface area contributed by atoms with Crippen LogP contribution in [0, 0.1) is 5.92 Å². The largest absolute Gasteiger partial charge is 0.493 e. The monoisotopic (exact) mass is 520 g/mol. The van der Waals surface area contributed by atoms with Crippen LogP contribution in [0.4, 0.5) is 5.69 Å². The smallest absolute Gasteiger partial charge is 0.341 e. The van der Waals surface area contributed by atoms with Crippen molar-refractivity contribution in [1.82, 2.24) is 5.32 Å². The van der Waals surface area contributed by atoms with Gasteiger partial charge in [0.15, 0.2) is 0 Å². The Kier molecular flexibility index (Phi) is 9.70. The molecule has 1 aliphatic carbocycles. The van der Waals surface area contributed by atoms with Crippen molar-refractivity contribution in [3.63, 3.8) is 0 Å². The molecule has 206 valence electrons. The molecule has 0 aromatic heterocycles. The molecule has 2 aromatic carbocycles. The molecule has 6 heteroatoms. The lowest BCUT2D eigenvalue weighted by Gasteiger charge is -2.44. The predicted molar refractivity (Wildman–Crippen MR) is 152 cm³/mol. The standard InChI is InChI=1S/C32H44N2O4/c1-4-37-29-22-24(18-19-26(29)31(36)38-5-2)23-30(35)33-32(3,25-14-8-6-9-15-25)27-16-10-11-17-28(27)34-20-12-7-13-21-34/h10-11,16-19,22,25H,4-9,12-15,20-21,23H2,1-3H3,(H,33,35). The Balaban J connectivity index is 1.61. The Morgan fingerprint density at radius 3 is 2.37 bits per heavy atom. The maximum atomic E-state index is 13.7. The topological polar surface area (TPSA) is 67.9 Å². The summed E-state index contributed by atoms with van der Waals surface area (Å²) in [6.07, 6.45) is 9.84. The third kappa shape index (κ3) is 6.51.